The Labute approximate surface area is 178 Å². The van der Waals surface area contributed by atoms with Gasteiger partial charge in [0, 0.05) is 12.3 Å². The predicted octanol–water partition coefficient (Wildman–Crippen LogP) is 4.67. The summed E-state index contributed by atoms with van der Waals surface area (Å²) in [7, 11) is 0. The Hall–Kier alpha value is -4.13. The largest absolute Gasteiger partial charge is 0.490 e. The minimum Gasteiger partial charge on any atom is -0.490 e. The molecular formula is C24H20N2O5. The third-order valence-electron chi connectivity index (χ3n) is 4.55. The van der Waals surface area contributed by atoms with Gasteiger partial charge in [-0.05, 0) is 53.6 Å². The molecule has 0 radical (unpaired) electrons. The number of hydrazone groups is 1. The number of ether oxygens (including phenoxy) is 2. The van der Waals surface area contributed by atoms with Crippen LogP contribution in [0.5, 0.6) is 11.5 Å². The number of fused-ring (bicyclic) bond motifs is 3. The number of esters is 1. The van der Waals surface area contributed by atoms with Gasteiger partial charge in [0.25, 0.3) is 0 Å². The zero-order valence-electron chi connectivity index (χ0n) is 17.0. The van der Waals surface area contributed by atoms with Crippen LogP contribution in [0.3, 0.4) is 0 Å². The summed E-state index contributed by atoms with van der Waals surface area (Å²) in [6.45, 7) is 3.56. The molecule has 1 heterocycles. The first kappa shape index (κ1) is 20.2. The second-order valence-electron chi connectivity index (χ2n) is 6.74. The van der Waals surface area contributed by atoms with Crippen molar-refractivity contribution < 1.29 is 23.5 Å². The van der Waals surface area contributed by atoms with E-state index in [1.54, 1.807) is 24.3 Å². The maximum atomic E-state index is 12.5. The number of carbonyl (C=O) groups is 2. The molecule has 0 atom stereocenters. The third kappa shape index (κ3) is 4.40. The van der Waals surface area contributed by atoms with Crippen molar-refractivity contribution in [2.75, 3.05) is 6.61 Å². The first-order valence-electron chi connectivity index (χ1n) is 9.75. The molecule has 156 valence electrons. The molecular weight excluding hydrogens is 396 g/mol. The molecule has 0 saturated carbocycles. The molecule has 1 amide bonds. The number of hydrogen-bond acceptors (Lipinski definition) is 6. The molecule has 0 saturated heterocycles. The fraction of sp³-hybridized carbons (Fsp3) is 0.125. The van der Waals surface area contributed by atoms with Gasteiger partial charge in [0.15, 0.2) is 17.3 Å². The summed E-state index contributed by atoms with van der Waals surface area (Å²) in [5.41, 5.74) is 3.76. The van der Waals surface area contributed by atoms with Crippen molar-refractivity contribution in [2.45, 2.75) is 13.8 Å². The van der Waals surface area contributed by atoms with E-state index in [0.717, 1.165) is 16.2 Å². The monoisotopic (exact) mass is 416 g/mol. The highest BCUT2D eigenvalue weighted by molar-refractivity contribution is 6.08. The highest BCUT2D eigenvalue weighted by atomic mass is 16.6. The second kappa shape index (κ2) is 8.71. The van der Waals surface area contributed by atoms with Gasteiger partial charge in [-0.2, -0.15) is 5.10 Å². The van der Waals surface area contributed by atoms with E-state index >= 15 is 0 Å². The number of carbonyl (C=O) groups excluding carboxylic acids is 2. The van der Waals surface area contributed by atoms with E-state index < -0.39 is 11.9 Å². The van der Waals surface area contributed by atoms with Gasteiger partial charge in [-0.25, -0.2) is 5.43 Å². The normalized spacial score (nSPS) is 11.2. The van der Waals surface area contributed by atoms with Crippen molar-refractivity contribution in [1.82, 2.24) is 5.43 Å². The van der Waals surface area contributed by atoms with Crippen LogP contribution in [0.25, 0.3) is 21.7 Å². The Morgan fingerprint density at radius 1 is 1.03 bits per heavy atom. The van der Waals surface area contributed by atoms with Crippen LogP contribution in [0.2, 0.25) is 0 Å². The first-order chi connectivity index (χ1) is 15.0. The van der Waals surface area contributed by atoms with Crippen LogP contribution in [-0.4, -0.2) is 24.7 Å². The van der Waals surface area contributed by atoms with Crippen LogP contribution < -0.4 is 14.9 Å². The molecule has 0 bridgehead atoms. The predicted molar refractivity (Wildman–Crippen MR) is 118 cm³/mol. The summed E-state index contributed by atoms with van der Waals surface area (Å²) in [5, 5.41) is 6.95. The van der Waals surface area contributed by atoms with Gasteiger partial charge in [0.05, 0.1) is 12.8 Å². The van der Waals surface area contributed by atoms with Gasteiger partial charge in [0.2, 0.25) is 0 Å². The van der Waals surface area contributed by atoms with Crippen LogP contribution in [0.15, 0.2) is 70.2 Å². The lowest BCUT2D eigenvalue weighted by Gasteiger charge is -2.10. The molecule has 4 rings (SSSR count). The third-order valence-corrected chi connectivity index (χ3v) is 4.55. The smallest absolute Gasteiger partial charge is 0.308 e. The van der Waals surface area contributed by atoms with Crippen LogP contribution >= 0.6 is 0 Å². The molecule has 0 aliphatic carbocycles. The Balaban J connectivity index is 1.51. The van der Waals surface area contributed by atoms with Gasteiger partial charge in [-0.3, -0.25) is 9.59 Å². The molecule has 4 aromatic rings. The van der Waals surface area contributed by atoms with Crippen LogP contribution in [0, 0.1) is 0 Å². The Kier molecular flexibility index (Phi) is 5.66. The van der Waals surface area contributed by atoms with E-state index in [9.17, 15) is 9.59 Å². The molecule has 3 aromatic carbocycles. The minimum absolute atomic E-state index is 0.170. The zero-order valence-corrected chi connectivity index (χ0v) is 17.0. The highest BCUT2D eigenvalue weighted by Gasteiger charge is 2.13. The molecule has 31 heavy (non-hydrogen) atoms. The molecule has 0 fully saturated rings. The van der Waals surface area contributed by atoms with Crippen LogP contribution in [-0.2, 0) is 4.79 Å². The van der Waals surface area contributed by atoms with Gasteiger partial charge in [-0.1, -0.05) is 30.3 Å². The van der Waals surface area contributed by atoms with Crippen molar-refractivity contribution in [2.24, 2.45) is 5.10 Å². The molecule has 0 unspecified atom stereocenters. The van der Waals surface area contributed by atoms with E-state index in [-0.39, 0.29) is 5.76 Å². The van der Waals surface area contributed by atoms with E-state index in [1.165, 1.54) is 13.1 Å². The van der Waals surface area contributed by atoms with Crippen LogP contribution in [0.4, 0.5) is 0 Å². The maximum Gasteiger partial charge on any atom is 0.308 e. The quantitative estimate of drug-likeness (QED) is 0.213. The molecule has 1 aromatic heterocycles. The molecule has 0 aliphatic heterocycles. The van der Waals surface area contributed by atoms with Gasteiger partial charge in [0.1, 0.15) is 5.58 Å². The Bertz CT molecular complexity index is 1310. The van der Waals surface area contributed by atoms with Gasteiger partial charge < -0.3 is 13.9 Å². The van der Waals surface area contributed by atoms with Crippen molar-refractivity contribution in [1.29, 1.82) is 0 Å². The molecule has 7 nitrogen and oxygen atoms in total. The highest BCUT2D eigenvalue weighted by Crippen LogP contribution is 2.29. The lowest BCUT2D eigenvalue weighted by Crippen LogP contribution is -2.16. The van der Waals surface area contributed by atoms with Gasteiger partial charge in [-0.15, -0.1) is 0 Å². The molecule has 1 N–H and O–H groups in total. The fourth-order valence-corrected chi connectivity index (χ4v) is 3.24. The fourth-order valence-electron chi connectivity index (χ4n) is 3.24. The molecule has 0 spiro atoms. The van der Waals surface area contributed by atoms with Crippen LogP contribution in [0.1, 0.15) is 30.0 Å². The first-order valence-corrected chi connectivity index (χ1v) is 9.75. The van der Waals surface area contributed by atoms with Crippen molar-refractivity contribution >= 4 is 39.8 Å². The average molecular weight is 416 g/mol. The van der Waals surface area contributed by atoms with E-state index in [2.05, 4.69) is 10.5 Å². The topological polar surface area (TPSA) is 90.1 Å². The number of nitrogens with one attached hydrogen (secondary N) is 1. The zero-order chi connectivity index (χ0) is 21.8. The van der Waals surface area contributed by atoms with E-state index in [4.69, 9.17) is 13.9 Å². The summed E-state index contributed by atoms with van der Waals surface area (Å²) in [6, 6.07) is 18.4. The summed E-state index contributed by atoms with van der Waals surface area (Å²) in [5.74, 6) is 0.0113. The number of nitrogens with zero attached hydrogens (tertiary/aromatic N) is 1. The Morgan fingerprint density at radius 3 is 2.68 bits per heavy atom. The van der Waals surface area contributed by atoms with Crippen molar-refractivity contribution in [3.63, 3.8) is 0 Å². The number of furan rings is 1. The standard InChI is InChI=1S/C24H20N2O5/c1-3-29-22-12-16(8-10-21(22)30-15(2)27)14-25-26-24(28)23-13-19-18-7-5-4-6-17(18)9-11-20(19)31-23/h4-14H,3H2,1-2H3,(H,26,28)/b25-14+. The van der Waals surface area contributed by atoms with E-state index in [1.807, 2.05) is 43.3 Å². The number of benzene rings is 3. The maximum absolute atomic E-state index is 12.5. The minimum atomic E-state index is -0.460. The lowest BCUT2D eigenvalue weighted by molar-refractivity contribution is -0.132. The number of amides is 1. The second-order valence-corrected chi connectivity index (χ2v) is 6.74. The molecule has 7 heteroatoms. The molecule has 0 aliphatic rings. The van der Waals surface area contributed by atoms with Crippen molar-refractivity contribution in [3.8, 4) is 11.5 Å². The summed E-state index contributed by atoms with van der Waals surface area (Å²) < 4.78 is 16.3. The average Bonchev–Trinajstić information content (AvgIpc) is 3.20. The number of rotatable bonds is 6. The SMILES string of the molecule is CCOc1cc(/C=N/NC(=O)c2cc3c(ccc4ccccc43)o2)ccc1OC(C)=O. The van der Waals surface area contributed by atoms with E-state index in [0.29, 0.717) is 29.3 Å². The van der Waals surface area contributed by atoms with Crippen molar-refractivity contribution in [3.05, 3.63) is 72.0 Å². The van der Waals surface area contributed by atoms with Gasteiger partial charge >= 0.3 is 11.9 Å². The summed E-state index contributed by atoms with van der Waals surface area (Å²) >= 11 is 0. The Morgan fingerprint density at radius 2 is 1.87 bits per heavy atom. The summed E-state index contributed by atoms with van der Waals surface area (Å²) in [4.78, 5) is 23.7. The number of hydrogen-bond donors (Lipinski definition) is 1. The summed E-state index contributed by atoms with van der Waals surface area (Å²) in [6.07, 6.45) is 1.47. The lowest BCUT2D eigenvalue weighted by atomic mass is 10.1.